The Kier molecular flexibility index (Phi) is 4.19. The molecule has 5 nitrogen and oxygen atoms in total. The number of para-hydroxylation sites is 1. The number of aryl methyl sites for hydroxylation is 1. The third-order valence-electron chi connectivity index (χ3n) is 2.82. The van der Waals surface area contributed by atoms with Gasteiger partial charge in [-0.15, -0.1) is 0 Å². The van der Waals surface area contributed by atoms with Gasteiger partial charge in [0.1, 0.15) is 12.3 Å². The van der Waals surface area contributed by atoms with Crippen molar-refractivity contribution in [2.75, 3.05) is 6.54 Å². The summed E-state index contributed by atoms with van der Waals surface area (Å²) in [6, 6.07) is 4.83. The second kappa shape index (κ2) is 5.30. The SMILES string of the molecule is Cc1cccc(C(=O)N(CC(=O)O)C(C)(C)C)c1O. The Morgan fingerprint density at radius 3 is 2.32 bits per heavy atom. The molecule has 0 aromatic heterocycles. The summed E-state index contributed by atoms with van der Waals surface area (Å²) in [4.78, 5) is 24.5. The molecule has 0 saturated heterocycles. The highest BCUT2D eigenvalue weighted by Gasteiger charge is 2.30. The number of carbonyl (C=O) groups is 2. The molecule has 0 radical (unpaired) electrons. The average Bonchev–Trinajstić information content (AvgIpc) is 2.27. The number of aromatic hydroxyl groups is 1. The molecule has 0 bridgehead atoms. The van der Waals surface area contributed by atoms with Gasteiger partial charge in [0.2, 0.25) is 0 Å². The van der Waals surface area contributed by atoms with Crippen LogP contribution in [0.25, 0.3) is 0 Å². The number of rotatable bonds is 3. The fourth-order valence-corrected chi connectivity index (χ4v) is 1.73. The van der Waals surface area contributed by atoms with Crippen molar-refractivity contribution < 1.29 is 19.8 Å². The standard InChI is InChI=1S/C14H19NO4/c1-9-6-5-7-10(12(9)18)13(19)15(8-11(16)17)14(2,3)4/h5-7,18H,8H2,1-4H3,(H,16,17). The second-order valence-electron chi connectivity index (χ2n) is 5.43. The van der Waals surface area contributed by atoms with E-state index in [1.54, 1.807) is 39.8 Å². The lowest BCUT2D eigenvalue weighted by Crippen LogP contribution is -2.48. The molecule has 0 unspecified atom stereocenters. The molecule has 5 heteroatoms. The molecule has 1 aromatic rings. The van der Waals surface area contributed by atoms with E-state index in [9.17, 15) is 14.7 Å². The van der Waals surface area contributed by atoms with E-state index >= 15 is 0 Å². The highest BCUT2D eigenvalue weighted by Crippen LogP contribution is 2.25. The highest BCUT2D eigenvalue weighted by atomic mass is 16.4. The summed E-state index contributed by atoms with van der Waals surface area (Å²) < 4.78 is 0. The molecule has 0 heterocycles. The van der Waals surface area contributed by atoms with Crippen molar-refractivity contribution in [3.05, 3.63) is 29.3 Å². The number of amides is 1. The number of carbonyl (C=O) groups excluding carboxylic acids is 1. The van der Waals surface area contributed by atoms with E-state index in [2.05, 4.69) is 0 Å². The van der Waals surface area contributed by atoms with Crippen LogP contribution in [0.3, 0.4) is 0 Å². The number of hydrogen-bond acceptors (Lipinski definition) is 3. The first-order chi connectivity index (χ1) is 8.64. The van der Waals surface area contributed by atoms with Crippen LogP contribution in [0.5, 0.6) is 5.75 Å². The van der Waals surface area contributed by atoms with Crippen molar-refractivity contribution in [3.63, 3.8) is 0 Å². The first-order valence-corrected chi connectivity index (χ1v) is 5.97. The monoisotopic (exact) mass is 265 g/mol. The highest BCUT2D eigenvalue weighted by molar-refractivity contribution is 5.99. The summed E-state index contributed by atoms with van der Waals surface area (Å²) in [5.74, 6) is -1.68. The van der Waals surface area contributed by atoms with Gasteiger partial charge >= 0.3 is 5.97 Å². The molecule has 19 heavy (non-hydrogen) atoms. The van der Waals surface area contributed by atoms with Crippen molar-refractivity contribution in [2.45, 2.75) is 33.2 Å². The smallest absolute Gasteiger partial charge is 0.323 e. The van der Waals surface area contributed by atoms with Gasteiger partial charge in [-0.3, -0.25) is 9.59 Å². The number of phenols is 1. The quantitative estimate of drug-likeness (QED) is 0.876. The number of phenolic OH excluding ortho intramolecular Hbond substituents is 1. The van der Waals surface area contributed by atoms with Crippen LogP contribution in [-0.4, -0.2) is 39.1 Å². The Morgan fingerprint density at radius 1 is 1.26 bits per heavy atom. The van der Waals surface area contributed by atoms with Gasteiger partial charge in [-0.1, -0.05) is 12.1 Å². The van der Waals surface area contributed by atoms with E-state index in [1.807, 2.05) is 0 Å². The summed E-state index contributed by atoms with van der Waals surface area (Å²) in [6.07, 6.45) is 0. The third-order valence-corrected chi connectivity index (χ3v) is 2.82. The Morgan fingerprint density at radius 2 is 1.84 bits per heavy atom. The van der Waals surface area contributed by atoms with Crippen molar-refractivity contribution >= 4 is 11.9 Å². The Bertz CT molecular complexity index is 503. The maximum absolute atomic E-state index is 12.4. The van der Waals surface area contributed by atoms with Crippen LogP contribution in [0, 0.1) is 6.92 Å². The van der Waals surface area contributed by atoms with Gasteiger partial charge < -0.3 is 15.1 Å². The molecule has 0 atom stereocenters. The minimum atomic E-state index is -1.09. The van der Waals surface area contributed by atoms with Crippen LogP contribution in [0.4, 0.5) is 0 Å². The summed E-state index contributed by atoms with van der Waals surface area (Å²) in [5.41, 5.74) is 0.0530. The zero-order chi connectivity index (χ0) is 14.8. The maximum Gasteiger partial charge on any atom is 0.323 e. The predicted octanol–water partition coefficient (Wildman–Crippen LogP) is 2.03. The number of aliphatic carboxylic acids is 1. The minimum Gasteiger partial charge on any atom is -0.507 e. The Labute approximate surface area is 112 Å². The normalized spacial score (nSPS) is 11.2. The predicted molar refractivity (Wildman–Crippen MR) is 71.3 cm³/mol. The number of nitrogens with zero attached hydrogens (tertiary/aromatic N) is 1. The van der Waals surface area contributed by atoms with Crippen LogP contribution in [-0.2, 0) is 4.79 Å². The summed E-state index contributed by atoms with van der Waals surface area (Å²) in [5, 5.41) is 18.8. The molecule has 1 rings (SSSR count). The molecule has 0 fully saturated rings. The van der Waals surface area contributed by atoms with Crippen LogP contribution >= 0.6 is 0 Å². The number of hydrogen-bond donors (Lipinski definition) is 2. The molecule has 0 aliphatic carbocycles. The Balaban J connectivity index is 3.20. The van der Waals surface area contributed by atoms with Gasteiger partial charge in [-0.05, 0) is 39.3 Å². The lowest BCUT2D eigenvalue weighted by Gasteiger charge is -2.34. The van der Waals surface area contributed by atoms with E-state index in [0.29, 0.717) is 5.56 Å². The molecule has 0 saturated carbocycles. The molecular formula is C14H19NO4. The summed E-state index contributed by atoms with van der Waals surface area (Å²) >= 11 is 0. The van der Waals surface area contributed by atoms with E-state index in [1.165, 1.54) is 11.0 Å². The zero-order valence-electron chi connectivity index (χ0n) is 11.6. The van der Waals surface area contributed by atoms with Crippen LogP contribution in [0.2, 0.25) is 0 Å². The van der Waals surface area contributed by atoms with Gasteiger partial charge in [0.05, 0.1) is 5.56 Å². The van der Waals surface area contributed by atoms with Crippen LogP contribution in [0.15, 0.2) is 18.2 Å². The lowest BCUT2D eigenvalue weighted by atomic mass is 10.0. The maximum atomic E-state index is 12.4. The van der Waals surface area contributed by atoms with Gasteiger partial charge in [-0.2, -0.15) is 0 Å². The van der Waals surface area contributed by atoms with Crippen LogP contribution < -0.4 is 0 Å². The fourth-order valence-electron chi connectivity index (χ4n) is 1.73. The molecule has 104 valence electrons. The van der Waals surface area contributed by atoms with Crippen molar-refractivity contribution in [3.8, 4) is 5.75 Å². The van der Waals surface area contributed by atoms with Crippen molar-refractivity contribution in [1.29, 1.82) is 0 Å². The van der Waals surface area contributed by atoms with E-state index in [-0.39, 0.29) is 11.3 Å². The van der Waals surface area contributed by atoms with Gasteiger partial charge in [0, 0.05) is 5.54 Å². The van der Waals surface area contributed by atoms with Crippen molar-refractivity contribution in [2.24, 2.45) is 0 Å². The minimum absolute atomic E-state index is 0.105. The fraction of sp³-hybridized carbons (Fsp3) is 0.429. The number of carboxylic acids is 1. The van der Waals surface area contributed by atoms with Gasteiger partial charge in [0.15, 0.2) is 0 Å². The molecule has 1 amide bonds. The van der Waals surface area contributed by atoms with E-state index in [0.717, 1.165) is 0 Å². The first kappa shape index (κ1) is 15.0. The number of carboxylic acid groups (broad SMARTS) is 1. The molecular weight excluding hydrogens is 246 g/mol. The van der Waals surface area contributed by atoms with E-state index in [4.69, 9.17) is 5.11 Å². The zero-order valence-corrected chi connectivity index (χ0v) is 11.6. The molecule has 0 spiro atoms. The Hall–Kier alpha value is -2.04. The van der Waals surface area contributed by atoms with Crippen LogP contribution in [0.1, 0.15) is 36.7 Å². The largest absolute Gasteiger partial charge is 0.507 e. The average molecular weight is 265 g/mol. The molecule has 1 aromatic carbocycles. The third kappa shape index (κ3) is 3.47. The summed E-state index contributed by atoms with van der Waals surface area (Å²) in [6.45, 7) is 6.53. The molecule has 0 aliphatic heterocycles. The second-order valence-corrected chi connectivity index (χ2v) is 5.43. The van der Waals surface area contributed by atoms with Gasteiger partial charge in [0.25, 0.3) is 5.91 Å². The van der Waals surface area contributed by atoms with E-state index < -0.39 is 24.0 Å². The summed E-state index contributed by atoms with van der Waals surface area (Å²) in [7, 11) is 0. The number of benzene rings is 1. The topological polar surface area (TPSA) is 77.8 Å². The van der Waals surface area contributed by atoms with Crippen molar-refractivity contribution in [1.82, 2.24) is 4.90 Å². The molecule has 2 N–H and O–H groups in total. The first-order valence-electron chi connectivity index (χ1n) is 5.97. The molecule has 0 aliphatic rings. The lowest BCUT2D eigenvalue weighted by molar-refractivity contribution is -0.138. The van der Waals surface area contributed by atoms with Gasteiger partial charge in [-0.25, -0.2) is 0 Å².